The lowest BCUT2D eigenvalue weighted by Crippen LogP contribution is -2.28. The van der Waals surface area contributed by atoms with Gasteiger partial charge in [-0.05, 0) is 31.4 Å². The first-order valence-electron chi connectivity index (χ1n) is 8.69. The van der Waals surface area contributed by atoms with Gasteiger partial charge in [-0.15, -0.1) is 0 Å². The zero-order valence-corrected chi connectivity index (χ0v) is 16.1. The average molecular weight is 383 g/mol. The Morgan fingerprint density at radius 3 is 2.41 bits per heavy atom. The van der Waals surface area contributed by atoms with Crippen molar-refractivity contribution in [2.75, 3.05) is 5.32 Å². The lowest BCUT2D eigenvalue weighted by Gasteiger charge is -2.19. The van der Waals surface area contributed by atoms with Crippen molar-refractivity contribution >= 4 is 17.2 Å². The van der Waals surface area contributed by atoms with E-state index in [2.05, 4.69) is 10.3 Å². The molecule has 0 atom stereocenters. The van der Waals surface area contributed by atoms with Gasteiger partial charge in [0, 0.05) is 25.1 Å². The molecule has 1 N–H and O–H groups in total. The molecule has 0 bridgehead atoms. The van der Waals surface area contributed by atoms with E-state index < -0.39 is 22.9 Å². The first kappa shape index (κ1) is 20.9. The molecule has 0 radical (unpaired) electrons. The lowest BCUT2D eigenvalue weighted by atomic mass is 9.88. The molecule has 0 aliphatic carbocycles. The van der Waals surface area contributed by atoms with Crippen molar-refractivity contribution < 1.29 is 18.0 Å². The number of halogens is 3. The van der Waals surface area contributed by atoms with Crippen LogP contribution in [-0.4, -0.2) is 21.2 Å². The van der Waals surface area contributed by atoms with Crippen LogP contribution in [0, 0.1) is 5.41 Å². The molecule has 27 heavy (non-hydrogen) atoms. The molecule has 0 aromatic carbocycles. The van der Waals surface area contributed by atoms with Gasteiger partial charge in [0.25, 0.3) is 5.56 Å². The summed E-state index contributed by atoms with van der Waals surface area (Å²) in [4.78, 5) is 29.3. The summed E-state index contributed by atoms with van der Waals surface area (Å²) in [6.45, 7) is 9.26. The quantitative estimate of drug-likeness (QED) is 0.845. The number of nitrogens with one attached hydrogen (secondary N) is 1. The maximum Gasteiger partial charge on any atom is 0.419 e. The number of ketones is 1. The van der Waals surface area contributed by atoms with E-state index in [4.69, 9.17) is 0 Å². The summed E-state index contributed by atoms with van der Waals surface area (Å²) >= 11 is 0. The van der Waals surface area contributed by atoms with Crippen LogP contribution in [0.15, 0.2) is 23.1 Å². The molecule has 0 aliphatic rings. The molecule has 5 nitrogen and oxygen atoms in total. The highest BCUT2D eigenvalue weighted by atomic mass is 19.4. The van der Waals surface area contributed by atoms with Crippen LogP contribution in [0.25, 0.3) is 5.65 Å². The second kappa shape index (κ2) is 7.32. The fraction of sp³-hybridized carbons (Fsp3) is 0.526. The number of alkyl halides is 3. The fourth-order valence-electron chi connectivity index (χ4n) is 2.82. The molecule has 2 heterocycles. The second-order valence-electron chi connectivity index (χ2n) is 8.11. The van der Waals surface area contributed by atoms with Gasteiger partial charge in [0.2, 0.25) is 0 Å². The SMILES string of the molecule is CC(C)Nc1nc2c(C(F)(F)F)cccn2c(=O)c1CC(=O)CC(C)(C)C. The number of pyridine rings is 1. The molecule has 8 heteroatoms. The second-order valence-corrected chi connectivity index (χ2v) is 8.11. The summed E-state index contributed by atoms with van der Waals surface area (Å²) in [5.41, 5.74) is -2.33. The summed E-state index contributed by atoms with van der Waals surface area (Å²) in [7, 11) is 0. The van der Waals surface area contributed by atoms with E-state index in [0.29, 0.717) is 0 Å². The number of hydrogen-bond donors (Lipinski definition) is 1. The molecule has 0 aliphatic heterocycles. The molecular formula is C19H24F3N3O2. The predicted molar refractivity (Wildman–Crippen MR) is 98.0 cm³/mol. The third-order valence-corrected chi connectivity index (χ3v) is 3.78. The van der Waals surface area contributed by atoms with Crippen molar-refractivity contribution in [3.05, 3.63) is 39.8 Å². The smallest absolute Gasteiger partial charge is 0.367 e. The van der Waals surface area contributed by atoms with Crippen LogP contribution in [0.1, 0.15) is 52.2 Å². The van der Waals surface area contributed by atoms with Crippen LogP contribution in [0.5, 0.6) is 0 Å². The number of carbonyl (C=O) groups is 1. The normalized spacial score (nSPS) is 12.6. The van der Waals surface area contributed by atoms with Gasteiger partial charge in [-0.1, -0.05) is 20.8 Å². The number of nitrogens with zero attached hydrogens (tertiary/aromatic N) is 2. The monoisotopic (exact) mass is 383 g/mol. The molecule has 0 fully saturated rings. The Morgan fingerprint density at radius 1 is 1.26 bits per heavy atom. The Labute approximate surface area is 155 Å². The highest BCUT2D eigenvalue weighted by Crippen LogP contribution is 2.32. The van der Waals surface area contributed by atoms with E-state index in [-0.39, 0.29) is 41.5 Å². The Hall–Kier alpha value is -2.38. The summed E-state index contributed by atoms with van der Waals surface area (Å²) in [5, 5.41) is 2.91. The molecule has 0 saturated carbocycles. The van der Waals surface area contributed by atoms with Crippen LogP contribution < -0.4 is 10.9 Å². The number of rotatable bonds is 5. The zero-order chi connectivity index (χ0) is 20.6. The van der Waals surface area contributed by atoms with Gasteiger partial charge >= 0.3 is 6.18 Å². The maximum absolute atomic E-state index is 13.3. The van der Waals surface area contributed by atoms with Crippen molar-refractivity contribution in [2.45, 2.75) is 59.7 Å². The van der Waals surface area contributed by atoms with Gasteiger partial charge in [-0.3, -0.25) is 14.0 Å². The minimum Gasteiger partial charge on any atom is -0.367 e. The number of hydrogen-bond acceptors (Lipinski definition) is 4. The number of carbonyl (C=O) groups excluding carboxylic acids is 1. The highest BCUT2D eigenvalue weighted by molar-refractivity contribution is 5.82. The summed E-state index contributed by atoms with van der Waals surface area (Å²) in [6.07, 6.45) is -3.35. The summed E-state index contributed by atoms with van der Waals surface area (Å²) in [6, 6.07) is 1.86. The zero-order valence-electron chi connectivity index (χ0n) is 16.1. The number of Topliss-reactive ketones (excluding diaryl/α,β-unsaturated/α-hetero) is 1. The Kier molecular flexibility index (Phi) is 5.68. The molecule has 2 aromatic heterocycles. The summed E-state index contributed by atoms with van der Waals surface area (Å²) in [5.74, 6) is -0.144. The number of fused-ring (bicyclic) bond motifs is 1. The minimum atomic E-state index is -4.65. The minimum absolute atomic E-state index is 0.0222. The van der Waals surface area contributed by atoms with Crippen molar-refractivity contribution in [3.8, 4) is 0 Å². The molecule has 2 aromatic rings. The standard InChI is InChI=1S/C19H24F3N3O2/c1-11(2)23-15-13(9-12(26)10-18(3,4)5)17(27)25-8-6-7-14(16(25)24-15)19(20,21)22/h6-8,11,23H,9-10H2,1-5H3. The molecule has 0 saturated heterocycles. The van der Waals surface area contributed by atoms with Crippen LogP contribution in [-0.2, 0) is 17.4 Å². The topological polar surface area (TPSA) is 63.5 Å². The lowest BCUT2D eigenvalue weighted by molar-refractivity contribution is -0.136. The highest BCUT2D eigenvalue weighted by Gasteiger charge is 2.34. The molecule has 0 unspecified atom stereocenters. The average Bonchev–Trinajstić information content (AvgIpc) is 2.47. The Morgan fingerprint density at radius 2 is 1.89 bits per heavy atom. The molecule has 0 spiro atoms. The van der Waals surface area contributed by atoms with Crippen molar-refractivity contribution in [1.82, 2.24) is 9.38 Å². The Balaban J connectivity index is 2.67. The van der Waals surface area contributed by atoms with Gasteiger partial charge < -0.3 is 5.32 Å². The number of aromatic nitrogens is 2. The van der Waals surface area contributed by atoms with E-state index in [1.54, 1.807) is 13.8 Å². The van der Waals surface area contributed by atoms with Gasteiger partial charge in [0.15, 0.2) is 5.65 Å². The molecular weight excluding hydrogens is 359 g/mol. The van der Waals surface area contributed by atoms with Gasteiger partial charge in [-0.2, -0.15) is 13.2 Å². The maximum atomic E-state index is 13.3. The van der Waals surface area contributed by atoms with Gasteiger partial charge in [0.05, 0.1) is 11.1 Å². The van der Waals surface area contributed by atoms with E-state index >= 15 is 0 Å². The predicted octanol–water partition coefficient (Wildman–Crippen LogP) is 4.08. The van der Waals surface area contributed by atoms with Crippen LogP contribution in [0.2, 0.25) is 0 Å². The fourth-order valence-corrected chi connectivity index (χ4v) is 2.82. The molecule has 148 valence electrons. The third-order valence-electron chi connectivity index (χ3n) is 3.78. The van der Waals surface area contributed by atoms with Crippen LogP contribution in [0.4, 0.5) is 19.0 Å². The van der Waals surface area contributed by atoms with Crippen LogP contribution in [0.3, 0.4) is 0 Å². The van der Waals surface area contributed by atoms with E-state index in [1.165, 1.54) is 6.20 Å². The van der Waals surface area contributed by atoms with Crippen LogP contribution >= 0.6 is 0 Å². The largest absolute Gasteiger partial charge is 0.419 e. The van der Waals surface area contributed by atoms with E-state index in [9.17, 15) is 22.8 Å². The first-order valence-corrected chi connectivity index (χ1v) is 8.69. The molecule has 2 rings (SSSR count). The van der Waals surface area contributed by atoms with Crippen molar-refractivity contribution in [2.24, 2.45) is 5.41 Å². The van der Waals surface area contributed by atoms with E-state index in [0.717, 1.165) is 16.5 Å². The molecule has 0 amide bonds. The Bertz CT molecular complexity index is 909. The third kappa shape index (κ3) is 5.08. The van der Waals surface area contributed by atoms with Crippen molar-refractivity contribution in [1.29, 1.82) is 0 Å². The first-order chi connectivity index (χ1) is 12.3. The van der Waals surface area contributed by atoms with E-state index in [1.807, 2.05) is 20.8 Å². The van der Waals surface area contributed by atoms with Crippen molar-refractivity contribution in [3.63, 3.8) is 0 Å². The van der Waals surface area contributed by atoms with Gasteiger partial charge in [-0.25, -0.2) is 4.98 Å². The number of anilines is 1. The van der Waals surface area contributed by atoms with Gasteiger partial charge in [0.1, 0.15) is 11.6 Å². The summed E-state index contributed by atoms with van der Waals surface area (Å²) < 4.78 is 40.8.